The summed E-state index contributed by atoms with van der Waals surface area (Å²) < 4.78 is 10.3. The second kappa shape index (κ2) is 12.6. The van der Waals surface area contributed by atoms with Crippen LogP contribution in [0.4, 0.5) is 0 Å². The third-order valence-corrected chi connectivity index (χ3v) is 5.57. The Morgan fingerprint density at radius 2 is 1.44 bits per heavy atom. The van der Waals surface area contributed by atoms with Gasteiger partial charge in [0.15, 0.2) is 0 Å². The van der Waals surface area contributed by atoms with Crippen LogP contribution in [0.1, 0.15) is 68.6 Å². The molecule has 0 saturated heterocycles. The Hall–Kier alpha value is -2.78. The molecular formula is C26H34O8. The molecule has 1 unspecified atom stereocenters. The number of ether oxygens (including phenoxy) is 2. The summed E-state index contributed by atoms with van der Waals surface area (Å²) in [6, 6.07) is 15.4. The molecule has 0 amide bonds. The van der Waals surface area contributed by atoms with Crippen LogP contribution in [0.15, 0.2) is 54.6 Å². The molecule has 0 fully saturated rings. The van der Waals surface area contributed by atoms with Crippen molar-refractivity contribution in [3.63, 3.8) is 0 Å². The Bertz CT molecular complexity index is 923. The fourth-order valence-electron chi connectivity index (χ4n) is 3.62. The second-order valence-electron chi connectivity index (χ2n) is 8.32. The lowest BCUT2D eigenvalue weighted by atomic mass is 9.84. The largest absolute Gasteiger partial charge is 0.457 e. The van der Waals surface area contributed by atoms with Gasteiger partial charge in [-0.05, 0) is 29.5 Å². The number of hydrogen-bond donors (Lipinski definition) is 4. The van der Waals surface area contributed by atoms with Crippen LogP contribution in [0, 0.1) is 0 Å². The molecule has 186 valence electrons. The van der Waals surface area contributed by atoms with Gasteiger partial charge in [0.05, 0.1) is 0 Å². The van der Waals surface area contributed by atoms with Crippen LogP contribution in [0.2, 0.25) is 0 Å². The van der Waals surface area contributed by atoms with Crippen molar-refractivity contribution in [3.05, 3.63) is 71.3 Å². The first kappa shape index (κ1) is 27.5. The molecule has 0 bridgehead atoms. The van der Waals surface area contributed by atoms with Gasteiger partial charge in [-0.2, -0.15) is 0 Å². The molecule has 2 aromatic carbocycles. The van der Waals surface area contributed by atoms with Crippen molar-refractivity contribution in [3.8, 4) is 0 Å². The zero-order valence-corrected chi connectivity index (χ0v) is 19.6. The van der Waals surface area contributed by atoms with Gasteiger partial charge in [0, 0.05) is 12.3 Å². The summed E-state index contributed by atoms with van der Waals surface area (Å²) in [6.07, 6.45) is 1.71. The van der Waals surface area contributed by atoms with Gasteiger partial charge in [0.25, 0.3) is 11.6 Å². The van der Waals surface area contributed by atoms with Gasteiger partial charge in [-0.1, -0.05) is 81.3 Å². The molecule has 2 rings (SSSR count). The van der Waals surface area contributed by atoms with Crippen molar-refractivity contribution in [2.75, 3.05) is 0 Å². The van der Waals surface area contributed by atoms with E-state index >= 15 is 0 Å². The summed E-state index contributed by atoms with van der Waals surface area (Å²) in [6.45, 7) is 3.24. The fraction of sp³-hybridized carbons (Fsp3) is 0.462. The standard InChI is InChI=1S/C26H34O8/c1-3-5-16-25(29,30)23(27)34-18-20-14-9-10-15-21(20)22(11-4-2)26(31,32)24(28)33-17-19-12-7-6-8-13-19/h6-10,12-15,22,29-32H,3-5,11,16-18H2,1-2H3. The summed E-state index contributed by atoms with van der Waals surface area (Å²) in [4.78, 5) is 24.8. The highest BCUT2D eigenvalue weighted by Gasteiger charge is 2.45. The minimum absolute atomic E-state index is 0.118. The van der Waals surface area contributed by atoms with Crippen LogP contribution < -0.4 is 0 Å². The Labute approximate surface area is 199 Å². The number of carbonyl (C=O) groups excluding carboxylic acids is 2. The lowest BCUT2D eigenvalue weighted by Gasteiger charge is -2.31. The van der Waals surface area contributed by atoms with Gasteiger partial charge in [0.2, 0.25) is 0 Å². The van der Waals surface area contributed by atoms with E-state index in [0.717, 1.165) is 0 Å². The summed E-state index contributed by atoms with van der Waals surface area (Å²) in [5.74, 6) is -8.88. The molecule has 34 heavy (non-hydrogen) atoms. The van der Waals surface area contributed by atoms with Crippen LogP contribution >= 0.6 is 0 Å². The maximum absolute atomic E-state index is 12.7. The molecule has 4 N–H and O–H groups in total. The van der Waals surface area contributed by atoms with E-state index in [1.165, 1.54) is 0 Å². The number of carbonyl (C=O) groups is 2. The average molecular weight is 475 g/mol. The van der Waals surface area contributed by atoms with E-state index in [4.69, 9.17) is 9.47 Å². The Morgan fingerprint density at radius 1 is 0.824 bits per heavy atom. The first-order chi connectivity index (χ1) is 16.1. The van der Waals surface area contributed by atoms with Gasteiger partial charge in [-0.15, -0.1) is 0 Å². The molecule has 8 nitrogen and oxygen atoms in total. The fourth-order valence-corrected chi connectivity index (χ4v) is 3.62. The normalized spacial score (nSPS) is 12.8. The molecule has 0 spiro atoms. The third-order valence-electron chi connectivity index (χ3n) is 5.57. The van der Waals surface area contributed by atoms with Crippen molar-refractivity contribution in [2.24, 2.45) is 0 Å². The molecule has 8 heteroatoms. The molecule has 1 atom stereocenters. The van der Waals surface area contributed by atoms with E-state index in [0.29, 0.717) is 36.0 Å². The van der Waals surface area contributed by atoms with Crippen LogP contribution in [0.3, 0.4) is 0 Å². The monoisotopic (exact) mass is 474 g/mol. The number of unbranched alkanes of at least 4 members (excludes halogenated alkanes) is 1. The molecule has 0 radical (unpaired) electrons. The molecule has 0 aromatic heterocycles. The number of benzene rings is 2. The van der Waals surface area contributed by atoms with Crippen molar-refractivity contribution < 1.29 is 39.5 Å². The quantitative estimate of drug-likeness (QED) is 0.257. The zero-order chi connectivity index (χ0) is 25.2. The van der Waals surface area contributed by atoms with Gasteiger partial charge in [0.1, 0.15) is 13.2 Å². The lowest BCUT2D eigenvalue weighted by molar-refractivity contribution is -0.219. The molecule has 0 heterocycles. The summed E-state index contributed by atoms with van der Waals surface area (Å²) in [7, 11) is 0. The van der Waals surface area contributed by atoms with Crippen molar-refractivity contribution in [2.45, 2.75) is 76.7 Å². The summed E-state index contributed by atoms with van der Waals surface area (Å²) in [5.41, 5.74) is 1.49. The van der Waals surface area contributed by atoms with Gasteiger partial charge in [-0.3, -0.25) is 0 Å². The minimum Gasteiger partial charge on any atom is -0.457 e. The first-order valence-corrected chi connectivity index (χ1v) is 11.5. The highest BCUT2D eigenvalue weighted by atomic mass is 16.6. The van der Waals surface area contributed by atoms with Crippen LogP contribution in [-0.4, -0.2) is 43.9 Å². The van der Waals surface area contributed by atoms with Crippen molar-refractivity contribution >= 4 is 11.9 Å². The van der Waals surface area contributed by atoms with Crippen LogP contribution in [0.25, 0.3) is 0 Å². The van der Waals surface area contributed by atoms with Crippen LogP contribution in [0.5, 0.6) is 0 Å². The molecule has 0 aliphatic heterocycles. The number of hydrogen-bond acceptors (Lipinski definition) is 8. The Morgan fingerprint density at radius 3 is 2.09 bits per heavy atom. The van der Waals surface area contributed by atoms with Gasteiger partial charge >= 0.3 is 11.9 Å². The number of rotatable bonds is 13. The highest BCUT2D eigenvalue weighted by molar-refractivity contribution is 5.79. The molecule has 0 saturated carbocycles. The van der Waals surface area contributed by atoms with Crippen molar-refractivity contribution in [1.82, 2.24) is 0 Å². The zero-order valence-electron chi connectivity index (χ0n) is 19.6. The number of aliphatic hydroxyl groups is 4. The van der Waals surface area contributed by atoms with E-state index in [1.807, 2.05) is 19.9 Å². The summed E-state index contributed by atoms with van der Waals surface area (Å²) in [5, 5.41) is 41.6. The van der Waals surface area contributed by atoms with Crippen molar-refractivity contribution in [1.29, 1.82) is 0 Å². The lowest BCUT2D eigenvalue weighted by Crippen LogP contribution is -2.46. The van der Waals surface area contributed by atoms with E-state index in [1.54, 1.807) is 48.5 Å². The molecule has 0 aliphatic carbocycles. The van der Waals surface area contributed by atoms with Crippen LogP contribution in [-0.2, 0) is 32.3 Å². The van der Waals surface area contributed by atoms with E-state index in [2.05, 4.69) is 0 Å². The molecule has 2 aromatic rings. The third kappa shape index (κ3) is 7.36. The minimum atomic E-state index is -2.83. The predicted molar refractivity (Wildman–Crippen MR) is 124 cm³/mol. The number of esters is 2. The SMILES string of the molecule is CCCCC(O)(O)C(=O)OCc1ccccc1C(CCC)C(O)(O)C(=O)OCc1ccccc1. The molecule has 0 aliphatic rings. The first-order valence-electron chi connectivity index (χ1n) is 11.5. The smallest absolute Gasteiger partial charge is 0.367 e. The molecular weight excluding hydrogens is 440 g/mol. The van der Waals surface area contributed by atoms with E-state index in [9.17, 15) is 30.0 Å². The maximum Gasteiger partial charge on any atom is 0.367 e. The summed E-state index contributed by atoms with van der Waals surface area (Å²) >= 11 is 0. The topological polar surface area (TPSA) is 134 Å². The average Bonchev–Trinajstić information content (AvgIpc) is 2.83. The highest BCUT2D eigenvalue weighted by Crippen LogP contribution is 2.35. The van der Waals surface area contributed by atoms with Gasteiger partial charge < -0.3 is 29.9 Å². The maximum atomic E-state index is 12.7. The van der Waals surface area contributed by atoms with Gasteiger partial charge in [-0.25, -0.2) is 9.59 Å². The van der Waals surface area contributed by atoms with E-state index in [-0.39, 0.29) is 26.1 Å². The predicted octanol–water partition coefficient (Wildman–Crippen LogP) is 2.91. The Balaban J connectivity index is 2.19. The second-order valence-corrected chi connectivity index (χ2v) is 8.32. The Kier molecular flexibility index (Phi) is 10.2. The van der Waals surface area contributed by atoms with E-state index < -0.39 is 29.4 Å².